The van der Waals surface area contributed by atoms with Crippen molar-refractivity contribution in [3.8, 4) is 0 Å². The van der Waals surface area contributed by atoms with Gasteiger partial charge in [-0.25, -0.2) is 0 Å². The molecule has 0 spiro atoms. The van der Waals surface area contributed by atoms with Gasteiger partial charge in [0.2, 0.25) is 0 Å². The molecule has 3 nitrogen and oxygen atoms in total. The molecule has 0 N–H and O–H groups in total. The Balaban J connectivity index is 2.12. The molecular weight excluding hydrogens is 280 g/mol. The molecule has 0 radical (unpaired) electrons. The Bertz CT molecular complexity index is 592. The number of carbonyl (C=O) groups excluding carboxylic acids is 1. The highest BCUT2D eigenvalue weighted by atomic mass is 32.1. The summed E-state index contributed by atoms with van der Waals surface area (Å²) in [4.78, 5) is 20.6. The Morgan fingerprint density at radius 1 is 1.38 bits per heavy atom. The van der Waals surface area contributed by atoms with E-state index >= 15 is 0 Å². The number of nitrogens with zero attached hydrogens (tertiary/aromatic N) is 2. The van der Waals surface area contributed by atoms with E-state index in [1.54, 1.807) is 28.6 Å². The van der Waals surface area contributed by atoms with E-state index in [2.05, 4.69) is 24.9 Å². The first kappa shape index (κ1) is 15.7. The second-order valence-electron chi connectivity index (χ2n) is 5.19. The van der Waals surface area contributed by atoms with E-state index in [4.69, 9.17) is 0 Å². The predicted molar refractivity (Wildman–Crippen MR) is 87.7 cm³/mol. The minimum absolute atomic E-state index is 0.0981. The van der Waals surface area contributed by atoms with Crippen LogP contribution >= 0.6 is 11.3 Å². The summed E-state index contributed by atoms with van der Waals surface area (Å²) in [5.74, 6) is 0.0981. The van der Waals surface area contributed by atoms with E-state index in [1.165, 1.54) is 10.4 Å². The molecule has 2 aromatic heterocycles. The van der Waals surface area contributed by atoms with Crippen molar-refractivity contribution < 1.29 is 4.79 Å². The third-order valence-corrected chi connectivity index (χ3v) is 4.68. The van der Waals surface area contributed by atoms with Gasteiger partial charge in [0.1, 0.15) is 0 Å². The number of amides is 1. The Hall–Kier alpha value is -1.68. The number of aryl methyl sites for hydroxylation is 2. The summed E-state index contributed by atoms with van der Waals surface area (Å²) in [6, 6.07) is 5.95. The SMILES string of the molecule is CCCc1sc(C(=O)N(C)Cc2cccnc2)cc1CC. The first-order valence-electron chi connectivity index (χ1n) is 7.41. The van der Waals surface area contributed by atoms with Gasteiger partial charge in [-0.15, -0.1) is 11.3 Å². The standard InChI is InChI=1S/C17H22N2OS/c1-4-7-15-14(5-2)10-16(21-15)17(20)19(3)12-13-8-6-9-18-11-13/h6,8-11H,4-5,7,12H2,1-3H3. The molecule has 0 aliphatic rings. The van der Waals surface area contributed by atoms with E-state index < -0.39 is 0 Å². The van der Waals surface area contributed by atoms with Crippen molar-refractivity contribution in [3.05, 3.63) is 51.5 Å². The lowest BCUT2D eigenvalue weighted by atomic mass is 10.1. The van der Waals surface area contributed by atoms with Crippen molar-refractivity contribution in [2.24, 2.45) is 0 Å². The molecule has 0 atom stereocenters. The summed E-state index contributed by atoms with van der Waals surface area (Å²) in [5.41, 5.74) is 2.37. The molecule has 0 bridgehead atoms. The molecule has 0 unspecified atom stereocenters. The number of hydrogen-bond acceptors (Lipinski definition) is 3. The number of carbonyl (C=O) groups is 1. The van der Waals surface area contributed by atoms with Crippen LogP contribution in [0.1, 0.15) is 45.9 Å². The molecule has 1 amide bonds. The topological polar surface area (TPSA) is 33.2 Å². The molecule has 112 valence electrons. The molecule has 2 heterocycles. The number of aromatic nitrogens is 1. The highest BCUT2D eigenvalue weighted by molar-refractivity contribution is 7.14. The van der Waals surface area contributed by atoms with Crippen LogP contribution in [0.25, 0.3) is 0 Å². The largest absolute Gasteiger partial charge is 0.337 e. The van der Waals surface area contributed by atoms with Crippen LogP contribution in [0.4, 0.5) is 0 Å². The molecule has 0 saturated carbocycles. The van der Waals surface area contributed by atoms with E-state index in [9.17, 15) is 4.79 Å². The molecule has 2 aromatic rings. The van der Waals surface area contributed by atoms with Crippen molar-refractivity contribution in [1.29, 1.82) is 0 Å². The summed E-state index contributed by atoms with van der Waals surface area (Å²) in [6.07, 6.45) is 6.72. The third-order valence-electron chi connectivity index (χ3n) is 3.45. The second kappa shape index (κ2) is 7.36. The van der Waals surface area contributed by atoms with Crippen molar-refractivity contribution >= 4 is 17.2 Å². The lowest BCUT2D eigenvalue weighted by molar-refractivity contribution is 0.0789. The van der Waals surface area contributed by atoms with Crippen LogP contribution in [0.5, 0.6) is 0 Å². The van der Waals surface area contributed by atoms with Gasteiger partial charge in [0.15, 0.2) is 0 Å². The molecule has 0 fully saturated rings. The minimum Gasteiger partial charge on any atom is -0.337 e. The Morgan fingerprint density at radius 2 is 2.19 bits per heavy atom. The van der Waals surface area contributed by atoms with Gasteiger partial charge in [-0.05, 0) is 36.1 Å². The van der Waals surface area contributed by atoms with Gasteiger partial charge >= 0.3 is 0 Å². The predicted octanol–water partition coefficient (Wildman–Crippen LogP) is 3.93. The third kappa shape index (κ3) is 3.91. The van der Waals surface area contributed by atoms with Gasteiger partial charge in [-0.3, -0.25) is 9.78 Å². The number of thiophene rings is 1. The average Bonchev–Trinajstić information content (AvgIpc) is 2.91. The summed E-state index contributed by atoms with van der Waals surface area (Å²) in [5, 5.41) is 0. The van der Waals surface area contributed by atoms with E-state index in [-0.39, 0.29) is 5.91 Å². The maximum atomic E-state index is 12.6. The first-order valence-corrected chi connectivity index (χ1v) is 8.23. The monoisotopic (exact) mass is 302 g/mol. The number of pyridine rings is 1. The van der Waals surface area contributed by atoms with Crippen LogP contribution in [-0.4, -0.2) is 22.8 Å². The van der Waals surface area contributed by atoms with Gasteiger partial charge in [0.05, 0.1) is 4.88 Å². The van der Waals surface area contributed by atoms with Gasteiger partial charge < -0.3 is 4.90 Å². The van der Waals surface area contributed by atoms with Crippen LogP contribution in [0.3, 0.4) is 0 Å². The minimum atomic E-state index is 0.0981. The second-order valence-corrected chi connectivity index (χ2v) is 6.32. The van der Waals surface area contributed by atoms with Gasteiger partial charge in [-0.2, -0.15) is 0 Å². The highest BCUT2D eigenvalue weighted by Crippen LogP contribution is 2.25. The lowest BCUT2D eigenvalue weighted by Gasteiger charge is -2.15. The quantitative estimate of drug-likeness (QED) is 0.810. The van der Waals surface area contributed by atoms with Gasteiger partial charge in [-0.1, -0.05) is 26.3 Å². The fraction of sp³-hybridized carbons (Fsp3) is 0.412. The fourth-order valence-electron chi connectivity index (χ4n) is 2.34. The van der Waals surface area contributed by atoms with E-state index in [0.717, 1.165) is 29.7 Å². The maximum Gasteiger partial charge on any atom is 0.263 e. The summed E-state index contributed by atoms with van der Waals surface area (Å²) < 4.78 is 0. The van der Waals surface area contributed by atoms with Crippen LogP contribution in [0, 0.1) is 0 Å². The number of rotatable bonds is 6. The molecule has 2 rings (SSSR count). The van der Waals surface area contributed by atoms with Crippen molar-refractivity contribution in [2.75, 3.05) is 7.05 Å². The molecule has 4 heteroatoms. The highest BCUT2D eigenvalue weighted by Gasteiger charge is 2.17. The van der Waals surface area contributed by atoms with Crippen LogP contribution in [0.15, 0.2) is 30.6 Å². The normalized spacial score (nSPS) is 10.6. The van der Waals surface area contributed by atoms with Crippen LogP contribution in [0.2, 0.25) is 0 Å². The average molecular weight is 302 g/mol. The maximum absolute atomic E-state index is 12.6. The smallest absolute Gasteiger partial charge is 0.263 e. The Kier molecular flexibility index (Phi) is 5.51. The molecule has 21 heavy (non-hydrogen) atoms. The van der Waals surface area contributed by atoms with E-state index in [0.29, 0.717) is 6.54 Å². The molecular formula is C17H22N2OS. The zero-order valence-electron chi connectivity index (χ0n) is 12.9. The molecule has 0 aliphatic heterocycles. The zero-order chi connectivity index (χ0) is 15.2. The van der Waals surface area contributed by atoms with E-state index in [1.807, 2.05) is 19.2 Å². The zero-order valence-corrected chi connectivity index (χ0v) is 13.7. The van der Waals surface area contributed by atoms with Crippen LogP contribution < -0.4 is 0 Å². The lowest BCUT2D eigenvalue weighted by Crippen LogP contribution is -2.25. The van der Waals surface area contributed by atoms with Crippen molar-refractivity contribution in [3.63, 3.8) is 0 Å². The number of hydrogen-bond donors (Lipinski definition) is 0. The first-order chi connectivity index (χ1) is 10.2. The van der Waals surface area contributed by atoms with Crippen molar-refractivity contribution in [1.82, 2.24) is 9.88 Å². The van der Waals surface area contributed by atoms with Gasteiger partial charge in [0, 0.05) is 30.9 Å². The van der Waals surface area contributed by atoms with Crippen LogP contribution in [-0.2, 0) is 19.4 Å². The Labute approximate surface area is 130 Å². The molecule has 0 saturated heterocycles. The summed E-state index contributed by atoms with van der Waals surface area (Å²) >= 11 is 1.65. The molecule has 0 aliphatic carbocycles. The van der Waals surface area contributed by atoms with Gasteiger partial charge in [0.25, 0.3) is 5.91 Å². The summed E-state index contributed by atoms with van der Waals surface area (Å²) in [6.45, 7) is 4.92. The molecule has 0 aromatic carbocycles. The summed E-state index contributed by atoms with van der Waals surface area (Å²) in [7, 11) is 1.85. The van der Waals surface area contributed by atoms with Crippen molar-refractivity contribution in [2.45, 2.75) is 39.7 Å². The fourth-order valence-corrected chi connectivity index (χ4v) is 3.69. The Morgan fingerprint density at radius 3 is 2.81 bits per heavy atom.